The number of pyridine rings is 1. The molecule has 1 fully saturated rings. The second-order valence-corrected chi connectivity index (χ2v) is 5.20. The third-order valence-corrected chi connectivity index (χ3v) is 3.69. The summed E-state index contributed by atoms with van der Waals surface area (Å²) in [4.78, 5) is 27.8. The van der Waals surface area contributed by atoms with E-state index in [1.165, 1.54) is 5.56 Å². The third-order valence-electron chi connectivity index (χ3n) is 3.69. The molecule has 0 aliphatic carbocycles. The molecule has 2 N–H and O–H groups in total. The molecule has 2 aromatic rings. The molecule has 5 heteroatoms. The molecule has 1 atom stereocenters. The number of hydrogen-bond donors (Lipinski definition) is 2. The number of carbonyl (C=O) groups is 1. The number of carbonyl (C=O) groups excluding carboxylic acids is 1. The molecule has 1 saturated heterocycles. The molecule has 1 aliphatic heterocycles. The van der Waals surface area contributed by atoms with Crippen molar-refractivity contribution < 1.29 is 4.79 Å². The van der Waals surface area contributed by atoms with Gasteiger partial charge in [-0.25, -0.2) is 0 Å². The van der Waals surface area contributed by atoms with E-state index in [0.29, 0.717) is 19.6 Å². The second kappa shape index (κ2) is 5.93. The van der Waals surface area contributed by atoms with E-state index in [1.54, 1.807) is 12.3 Å². The van der Waals surface area contributed by atoms with Crippen LogP contribution in [-0.2, 0) is 11.3 Å². The highest BCUT2D eigenvalue weighted by Gasteiger charge is 2.27. The summed E-state index contributed by atoms with van der Waals surface area (Å²) in [6, 6.07) is 13.7. The predicted molar refractivity (Wildman–Crippen MR) is 79.7 cm³/mol. The quantitative estimate of drug-likeness (QED) is 0.885. The molecule has 1 unspecified atom stereocenters. The molecule has 0 bridgehead atoms. The molecule has 2 heterocycles. The molecule has 108 valence electrons. The number of amides is 1. The number of nitrogens with zero attached hydrogens (tertiary/aromatic N) is 1. The number of nitrogens with one attached hydrogen (secondary N) is 2. The summed E-state index contributed by atoms with van der Waals surface area (Å²) in [7, 11) is 0. The fraction of sp³-hybridized carbons (Fsp3) is 0.250. The Labute approximate surface area is 122 Å². The lowest BCUT2D eigenvalue weighted by Crippen LogP contribution is -2.49. The molecule has 1 aliphatic rings. The fourth-order valence-electron chi connectivity index (χ4n) is 2.68. The third kappa shape index (κ3) is 3.20. The van der Waals surface area contributed by atoms with Gasteiger partial charge >= 0.3 is 0 Å². The number of aromatic nitrogens is 1. The van der Waals surface area contributed by atoms with Gasteiger partial charge in [0.15, 0.2) is 0 Å². The number of benzene rings is 1. The van der Waals surface area contributed by atoms with Gasteiger partial charge in [0.1, 0.15) is 0 Å². The van der Waals surface area contributed by atoms with Crippen molar-refractivity contribution in [1.82, 2.24) is 15.2 Å². The van der Waals surface area contributed by atoms with Gasteiger partial charge in [0.2, 0.25) is 11.5 Å². The molecule has 1 aromatic carbocycles. The van der Waals surface area contributed by atoms with E-state index in [4.69, 9.17) is 0 Å². The normalized spacial score (nSPS) is 19.2. The van der Waals surface area contributed by atoms with Gasteiger partial charge in [0.05, 0.1) is 12.6 Å². The van der Waals surface area contributed by atoms with Crippen molar-refractivity contribution in [3.05, 3.63) is 70.1 Å². The van der Waals surface area contributed by atoms with Crippen LogP contribution in [-0.4, -0.2) is 28.9 Å². The van der Waals surface area contributed by atoms with E-state index in [2.05, 4.69) is 27.3 Å². The second-order valence-electron chi connectivity index (χ2n) is 5.20. The smallest absolute Gasteiger partial charge is 0.248 e. The highest BCUT2D eigenvalue weighted by molar-refractivity contribution is 5.79. The van der Waals surface area contributed by atoms with Crippen LogP contribution in [0.1, 0.15) is 17.2 Å². The summed E-state index contributed by atoms with van der Waals surface area (Å²) in [6.07, 6.45) is 1.64. The number of hydrogen-bond acceptors (Lipinski definition) is 3. The number of piperazine rings is 1. The molecule has 1 amide bonds. The molecule has 5 nitrogen and oxygen atoms in total. The Morgan fingerprint density at radius 1 is 1.14 bits per heavy atom. The maximum atomic E-state index is 11.7. The van der Waals surface area contributed by atoms with Crippen LogP contribution in [0.25, 0.3) is 0 Å². The van der Waals surface area contributed by atoms with Crippen LogP contribution in [0.4, 0.5) is 0 Å². The van der Waals surface area contributed by atoms with Gasteiger partial charge in [-0.15, -0.1) is 0 Å². The van der Waals surface area contributed by atoms with Crippen LogP contribution >= 0.6 is 0 Å². The van der Waals surface area contributed by atoms with Crippen LogP contribution in [0, 0.1) is 0 Å². The molecule has 0 spiro atoms. The molecule has 0 saturated carbocycles. The Hall–Kier alpha value is -2.40. The summed E-state index contributed by atoms with van der Waals surface area (Å²) >= 11 is 0. The lowest BCUT2D eigenvalue weighted by molar-refractivity contribution is -0.125. The zero-order valence-corrected chi connectivity index (χ0v) is 11.6. The highest BCUT2D eigenvalue weighted by atomic mass is 16.2. The van der Waals surface area contributed by atoms with Crippen molar-refractivity contribution in [2.24, 2.45) is 0 Å². The van der Waals surface area contributed by atoms with Crippen LogP contribution in [0.2, 0.25) is 0 Å². The number of aromatic amines is 1. The van der Waals surface area contributed by atoms with Gasteiger partial charge in [0.25, 0.3) is 0 Å². The molecular formula is C16H17N3O2. The Kier molecular flexibility index (Phi) is 3.83. The van der Waals surface area contributed by atoms with Gasteiger partial charge in [-0.1, -0.05) is 30.3 Å². The van der Waals surface area contributed by atoms with Crippen LogP contribution in [0.3, 0.4) is 0 Å². The minimum atomic E-state index is -0.120. The van der Waals surface area contributed by atoms with E-state index >= 15 is 0 Å². The summed E-state index contributed by atoms with van der Waals surface area (Å²) in [5, 5.41) is 2.91. The average Bonchev–Trinajstić information content (AvgIpc) is 2.48. The lowest BCUT2D eigenvalue weighted by atomic mass is 10.0. The molecule has 1 aromatic heterocycles. The van der Waals surface area contributed by atoms with Crippen LogP contribution in [0.5, 0.6) is 0 Å². The molecule has 21 heavy (non-hydrogen) atoms. The first kappa shape index (κ1) is 13.6. The van der Waals surface area contributed by atoms with Crippen molar-refractivity contribution in [2.75, 3.05) is 13.1 Å². The van der Waals surface area contributed by atoms with Crippen molar-refractivity contribution >= 4 is 5.91 Å². The van der Waals surface area contributed by atoms with E-state index in [0.717, 1.165) is 5.56 Å². The Morgan fingerprint density at radius 2 is 1.95 bits per heavy atom. The monoisotopic (exact) mass is 283 g/mol. The maximum absolute atomic E-state index is 11.7. The van der Waals surface area contributed by atoms with Crippen molar-refractivity contribution in [3.8, 4) is 0 Å². The number of H-pyrrole nitrogens is 1. The fourth-order valence-corrected chi connectivity index (χ4v) is 2.68. The Morgan fingerprint density at radius 3 is 2.71 bits per heavy atom. The summed E-state index contributed by atoms with van der Waals surface area (Å²) in [5.41, 5.74) is 1.96. The zero-order valence-electron chi connectivity index (χ0n) is 11.6. The molecular weight excluding hydrogens is 266 g/mol. The highest BCUT2D eigenvalue weighted by Crippen LogP contribution is 2.23. The van der Waals surface area contributed by atoms with Crippen LogP contribution in [0.15, 0.2) is 53.5 Å². The molecule has 0 radical (unpaired) electrons. The number of rotatable bonds is 3. The standard InChI is InChI=1S/C16H17N3O2/c20-15-8-12(6-7-17-15)10-19-11-16(21)18-9-14(19)13-4-2-1-3-5-13/h1-8,14H,9-11H2,(H,17,20)(H,18,21). The van der Waals surface area contributed by atoms with Gasteiger partial charge in [-0.3, -0.25) is 14.5 Å². The first-order valence-electron chi connectivity index (χ1n) is 6.96. The largest absolute Gasteiger partial charge is 0.353 e. The van der Waals surface area contributed by atoms with E-state index in [9.17, 15) is 9.59 Å². The van der Waals surface area contributed by atoms with Gasteiger partial charge < -0.3 is 10.3 Å². The lowest BCUT2D eigenvalue weighted by Gasteiger charge is -2.35. The van der Waals surface area contributed by atoms with E-state index < -0.39 is 0 Å². The van der Waals surface area contributed by atoms with E-state index in [1.807, 2.05) is 24.3 Å². The predicted octanol–water partition coefficient (Wildman–Crippen LogP) is 1.05. The van der Waals surface area contributed by atoms with Crippen molar-refractivity contribution in [3.63, 3.8) is 0 Å². The summed E-state index contributed by atoms with van der Waals surface area (Å²) in [5.74, 6) is 0.0204. The average molecular weight is 283 g/mol. The minimum Gasteiger partial charge on any atom is -0.353 e. The van der Waals surface area contributed by atoms with E-state index in [-0.39, 0.29) is 17.5 Å². The topological polar surface area (TPSA) is 65.2 Å². The first-order chi connectivity index (χ1) is 10.2. The van der Waals surface area contributed by atoms with Gasteiger partial charge in [0, 0.05) is 25.4 Å². The molecule has 3 rings (SSSR count). The maximum Gasteiger partial charge on any atom is 0.248 e. The minimum absolute atomic E-state index is 0.0204. The summed E-state index contributed by atoms with van der Waals surface area (Å²) in [6.45, 7) is 1.51. The first-order valence-corrected chi connectivity index (χ1v) is 6.96. The van der Waals surface area contributed by atoms with Gasteiger partial charge in [-0.2, -0.15) is 0 Å². The SMILES string of the molecule is O=C1CN(Cc2cc[nH]c(=O)c2)C(c2ccccc2)CN1. The van der Waals surface area contributed by atoms with Crippen molar-refractivity contribution in [1.29, 1.82) is 0 Å². The Bertz CT molecular complexity index is 681. The summed E-state index contributed by atoms with van der Waals surface area (Å²) < 4.78 is 0. The van der Waals surface area contributed by atoms with Crippen molar-refractivity contribution in [2.45, 2.75) is 12.6 Å². The Balaban J connectivity index is 1.85. The van der Waals surface area contributed by atoms with Gasteiger partial charge in [-0.05, 0) is 17.2 Å². The van der Waals surface area contributed by atoms with Crippen LogP contribution < -0.4 is 10.9 Å². The zero-order chi connectivity index (χ0) is 14.7.